The van der Waals surface area contributed by atoms with Crippen LogP contribution in [0.15, 0.2) is 91.0 Å². The fourth-order valence-corrected chi connectivity index (χ4v) is 6.73. The SMILES string of the molecule is Cc1cc(C)c2c(c1)C(C)n1c(nc(-c3ccccc3)c1-c1ccccc1)C2Nc1c(C(C)C)cccc1C(C)C. The third kappa shape index (κ3) is 4.68. The Morgan fingerprint density at radius 2 is 1.32 bits per heavy atom. The second kappa shape index (κ2) is 10.7. The third-order valence-electron chi connectivity index (χ3n) is 8.64. The predicted molar refractivity (Wildman–Crippen MR) is 173 cm³/mol. The molecule has 3 heteroatoms. The first kappa shape index (κ1) is 27.1. The molecule has 4 aromatic carbocycles. The maximum absolute atomic E-state index is 5.54. The summed E-state index contributed by atoms with van der Waals surface area (Å²) in [5.74, 6) is 1.87. The molecule has 208 valence electrons. The summed E-state index contributed by atoms with van der Waals surface area (Å²) in [6, 6.07) is 33.0. The van der Waals surface area contributed by atoms with Crippen molar-refractivity contribution in [3.63, 3.8) is 0 Å². The van der Waals surface area contributed by atoms with Crippen LogP contribution in [-0.4, -0.2) is 9.55 Å². The molecule has 5 aromatic rings. The van der Waals surface area contributed by atoms with Crippen molar-refractivity contribution in [2.45, 2.75) is 72.4 Å². The molecule has 1 aliphatic heterocycles. The fourth-order valence-electron chi connectivity index (χ4n) is 6.73. The van der Waals surface area contributed by atoms with E-state index in [4.69, 9.17) is 4.98 Å². The number of benzene rings is 4. The maximum Gasteiger partial charge on any atom is 0.137 e. The fraction of sp³-hybridized carbons (Fsp3) is 0.289. The minimum Gasteiger partial charge on any atom is -0.371 e. The molecule has 0 bridgehead atoms. The molecule has 0 fully saturated rings. The van der Waals surface area contributed by atoms with E-state index in [1.54, 1.807) is 0 Å². The van der Waals surface area contributed by atoms with Crippen LogP contribution < -0.4 is 5.32 Å². The summed E-state index contributed by atoms with van der Waals surface area (Å²) in [6.07, 6.45) is 0. The van der Waals surface area contributed by atoms with Gasteiger partial charge in [0.05, 0.1) is 17.4 Å². The van der Waals surface area contributed by atoms with Gasteiger partial charge in [0, 0.05) is 16.8 Å². The monoisotopic (exact) mass is 539 g/mol. The smallest absolute Gasteiger partial charge is 0.137 e. The first-order chi connectivity index (χ1) is 19.8. The van der Waals surface area contributed by atoms with Gasteiger partial charge in [-0.1, -0.05) is 124 Å². The number of rotatable bonds is 6. The molecule has 41 heavy (non-hydrogen) atoms. The zero-order valence-electron chi connectivity index (χ0n) is 25.4. The number of para-hydroxylation sites is 1. The van der Waals surface area contributed by atoms with Gasteiger partial charge in [0.25, 0.3) is 0 Å². The molecule has 2 atom stereocenters. The van der Waals surface area contributed by atoms with Crippen LogP contribution in [0.3, 0.4) is 0 Å². The van der Waals surface area contributed by atoms with Gasteiger partial charge in [-0.3, -0.25) is 0 Å². The summed E-state index contributed by atoms with van der Waals surface area (Å²) >= 11 is 0. The van der Waals surface area contributed by atoms with Crippen molar-refractivity contribution >= 4 is 5.69 Å². The third-order valence-corrected chi connectivity index (χ3v) is 8.64. The summed E-state index contributed by atoms with van der Waals surface area (Å²) in [7, 11) is 0. The summed E-state index contributed by atoms with van der Waals surface area (Å²) < 4.78 is 2.50. The molecular weight excluding hydrogens is 498 g/mol. The van der Waals surface area contributed by atoms with E-state index in [9.17, 15) is 0 Å². The molecule has 0 spiro atoms. The number of hydrogen-bond donors (Lipinski definition) is 1. The number of nitrogens with one attached hydrogen (secondary N) is 1. The van der Waals surface area contributed by atoms with Crippen molar-refractivity contribution in [3.8, 4) is 22.5 Å². The molecule has 2 heterocycles. The van der Waals surface area contributed by atoms with E-state index in [-0.39, 0.29) is 12.1 Å². The van der Waals surface area contributed by atoms with Crippen molar-refractivity contribution < 1.29 is 0 Å². The van der Waals surface area contributed by atoms with Crippen molar-refractivity contribution in [1.29, 1.82) is 0 Å². The number of anilines is 1. The minimum absolute atomic E-state index is 0.0841. The van der Waals surface area contributed by atoms with Gasteiger partial charge in [-0.05, 0) is 60.4 Å². The van der Waals surface area contributed by atoms with Gasteiger partial charge in [-0.2, -0.15) is 0 Å². The number of aryl methyl sites for hydroxylation is 2. The van der Waals surface area contributed by atoms with Gasteiger partial charge in [0.15, 0.2) is 0 Å². The zero-order valence-corrected chi connectivity index (χ0v) is 25.4. The van der Waals surface area contributed by atoms with Crippen LogP contribution in [0.5, 0.6) is 0 Å². The maximum atomic E-state index is 5.54. The van der Waals surface area contributed by atoms with Gasteiger partial charge < -0.3 is 9.88 Å². The number of imidazole rings is 1. The van der Waals surface area contributed by atoms with Gasteiger partial charge in [-0.25, -0.2) is 4.98 Å². The Labute approximate surface area is 245 Å². The molecule has 1 aliphatic rings. The Morgan fingerprint density at radius 1 is 0.732 bits per heavy atom. The largest absolute Gasteiger partial charge is 0.371 e. The molecule has 0 radical (unpaired) electrons. The topological polar surface area (TPSA) is 29.9 Å². The number of aromatic nitrogens is 2. The van der Waals surface area contributed by atoms with E-state index < -0.39 is 0 Å². The van der Waals surface area contributed by atoms with Gasteiger partial charge in [0.2, 0.25) is 0 Å². The average molecular weight is 540 g/mol. The van der Waals surface area contributed by atoms with E-state index in [1.165, 1.54) is 50.3 Å². The quantitative estimate of drug-likeness (QED) is 0.233. The van der Waals surface area contributed by atoms with E-state index in [0.29, 0.717) is 11.8 Å². The minimum atomic E-state index is -0.0841. The van der Waals surface area contributed by atoms with Crippen LogP contribution in [0.1, 0.15) is 97.7 Å². The highest BCUT2D eigenvalue weighted by molar-refractivity contribution is 5.80. The molecule has 0 saturated heterocycles. The number of fused-ring (bicyclic) bond motifs is 2. The van der Waals surface area contributed by atoms with Crippen LogP contribution in [0, 0.1) is 13.8 Å². The molecule has 1 aromatic heterocycles. The van der Waals surface area contributed by atoms with Gasteiger partial charge >= 0.3 is 0 Å². The zero-order chi connectivity index (χ0) is 28.8. The highest BCUT2D eigenvalue weighted by Crippen LogP contribution is 2.47. The summed E-state index contributed by atoms with van der Waals surface area (Å²) in [5, 5.41) is 4.13. The molecule has 2 unspecified atom stereocenters. The lowest BCUT2D eigenvalue weighted by molar-refractivity contribution is 0.553. The standard InChI is InChI=1S/C38H41N3/c1-23(2)30-19-14-20-31(24(3)4)35(30)39-36-33-26(6)21-25(5)22-32(33)27(7)41-37(29-17-12-9-13-18-29)34(40-38(36)41)28-15-10-8-11-16-28/h8-24,27,36,39H,1-7H3. The molecular formula is C38H41N3. The Balaban J connectivity index is 1.67. The van der Waals surface area contributed by atoms with Crippen molar-refractivity contribution in [2.24, 2.45) is 0 Å². The summed E-state index contributed by atoms with van der Waals surface area (Å²) in [4.78, 5) is 5.54. The highest BCUT2D eigenvalue weighted by atomic mass is 15.2. The lowest BCUT2D eigenvalue weighted by atomic mass is 9.85. The van der Waals surface area contributed by atoms with Crippen molar-refractivity contribution in [1.82, 2.24) is 9.55 Å². The average Bonchev–Trinajstić information content (AvgIpc) is 3.37. The van der Waals surface area contributed by atoms with Crippen LogP contribution in [0.25, 0.3) is 22.5 Å². The first-order valence-electron chi connectivity index (χ1n) is 15.0. The second-order valence-corrected chi connectivity index (χ2v) is 12.2. The van der Waals surface area contributed by atoms with E-state index in [0.717, 1.165) is 17.1 Å². The molecule has 6 rings (SSSR count). The summed E-state index contributed by atoms with van der Waals surface area (Å²) in [6.45, 7) is 16.0. The molecule has 3 nitrogen and oxygen atoms in total. The Hall–Kier alpha value is -4.11. The normalized spacial score (nSPS) is 16.1. The second-order valence-electron chi connectivity index (χ2n) is 12.2. The number of nitrogens with zero attached hydrogens (tertiary/aromatic N) is 2. The molecule has 1 N–H and O–H groups in total. The lowest BCUT2D eigenvalue weighted by Crippen LogP contribution is -2.29. The van der Waals surface area contributed by atoms with E-state index in [1.807, 2.05) is 0 Å². The van der Waals surface area contributed by atoms with Crippen LogP contribution >= 0.6 is 0 Å². The Kier molecular flexibility index (Phi) is 7.07. The lowest BCUT2D eigenvalue weighted by Gasteiger charge is -2.36. The predicted octanol–water partition coefficient (Wildman–Crippen LogP) is 10.2. The molecule has 0 amide bonds. The number of hydrogen-bond acceptors (Lipinski definition) is 2. The van der Waals surface area contributed by atoms with Crippen LogP contribution in [0.4, 0.5) is 5.69 Å². The summed E-state index contributed by atoms with van der Waals surface area (Å²) in [5.41, 5.74) is 13.8. The van der Waals surface area contributed by atoms with Crippen LogP contribution in [0.2, 0.25) is 0 Å². The molecule has 0 saturated carbocycles. The Morgan fingerprint density at radius 3 is 1.90 bits per heavy atom. The van der Waals surface area contributed by atoms with Gasteiger partial charge in [0.1, 0.15) is 11.9 Å². The Bertz CT molecular complexity index is 1670. The molecule has 0 aliphatic carbocycles. The van der Waals surface area contributed by atoms with E-state index >= 15 is 0 Å². The van der Waals surface area contributed by atoms with Crippen LogP contribution in [-0.2, 0) is 0 Å². The van der Waals surface area contributed by atoms with Crippen molar-refractivity contribution in [3.05, 3.63) is 130 Å². The highest BCUT2D eigenvalue weighted by Gasteiger charge is 2.37. The first-order valence-corrected chi connectivity index (χ1v) is 15.0. The van der Waals surface area contributed by atoms with E-state index in [2.05, 4.69) is 149 Å². The van der Waals surface area contributed by atoms with Crippen molar-refractivity contribution in [2.75, 3.05) is 5.32 Å². The van der Waals surface area contributed by atoms with Gasteiger partial charge in [-0.15, -0.1) is 0 Å².